The van der Waals surface area contributed by atoms with Crippen molar-refractivity contribution < 1.29 is 0 Å². The first-order valence-corrected chi connectivity index (χ1v) is 7.95. The minimum atomic E-state index is 0.503. The van der Waals surface area contributed by atoms with Gasteiger partial charge in [0.25, 0.3) is 0 Å². The van der Waals surface area contributed by atoms with E-state index in [1.54, 1.807) is 0 Å². The average molecular weight is 260 g/mol. The highest BCUT2D eigenvalue weighted by Gasteiger charge is 2.24. The largest absolute Gasteiger partial charge is 0.314 e. The maximum atomic E-state index is 4.53. The number of likely N-dealkylation sites (N-methyl/N-ethyl adjacent to an activating group) is 1. The van der Waals surface area contributed by atoms with Crippen molar-refractivity contribution in [2.75, 3.05) is 6.54 Å². The van der Waals surface area contributed by atoms with E-state index < -0.39 is 0 Å². The molecule has 1 N–H and O–H groups in total. The topological polar surface area (TPSA) is 24.9 Å². The normalized spacial score (nSPS) is 20.1. The lowest BCUT2D eigenvalue weighted by Crippen LogP contribution is -2.36. The summed E-state index contributed by atoms with van der Waals surface area (Å²) in [6.07, 6.45) is 10.4. The second-order valence-electron chi connectivity index (χ2n) is 5.95. The predicted octanol–water partition coefficient (Wildman–Crippen LogP) is 4.13. The molecule has 19 heavy (non-hydrogen) atoms. The molecule has 2 nitrogen and oxygen atoms in total. The van der Waals surface area contributed by atoms with Gasteiger partial charge in [-0.3, -0.25) is 4.98 Å². The Balaban J connectivity index is 1.97. The van der Waals surface area contributed by atoms with Gasteiger partial charge in [-0.25, -0.2) is 0 Å². The van der Waals surface area contributed by atoms with Crippen LogP contribution in [-0.2, 0) is 0 Å². The Kier molecular flexibility index (Phi) is 5.84. The minimum absolute atomic E-state index is 0.503. The Bertz CT molecular complexity index is 344. The molecule has 1 aliphatic rings. The van der Waals surface area contributed by atoms with Crippen LogP contribution in [0.1, 0.15) is 64.0 Å². The predicted molar refractivity (Wildman–Crippen MR) is 81.3 cm³/mol. The van der Waals surface area contributed by atoms with Gasteiger partial charge in [-0.1, -0.05) is 52.0 Å². The maximum absolute atomic E-state index is 4.53. The lowest BCUT2D eigenvalue weighted by Gasteiger charge is -2.30. The van der Waals surface area contributed by atoms with Crippen LogP contribution < -0.4 is 5.32 Å². The van der Waals surface area contributed by atoms with E-state index in [1.807, 2.05) is 12.3 Å². The smallest absolute Gasteiger partial charge is 0.0447 e. The summed E-state index contributed by atoms with van der Waals surface area (Å²) >= 11 is 0. The van der Waals surface area contributed by atoms with Gasteiger partial charge in [0.05, 0.1) is 0 Å². The second-order valence-corrected chi connectivity index (χ2v) is 5.95. The molecule has 1 aromatic heterocycles. The third-order valence-corrected chi connectivity index (χ3v) is 4.54. The molecule has 0 aliphatic heterocycles. The SMILES string of the molecule is CCNC(CC1CCCCC1)C(C)c1ccccn1. The molecule has 2 rings (SSSR count). The van der Waals surface area contributed by atoms with Gasteiger partial charge >= 0.3 is 0 Å². The average Bonchev–Trinajstić information content (AvgIpc) is 2.48. The van der Waals surface area contributed by atoms with E-state index in [0.717, 1.165) is 12.5 Å². The van der Waals surface area contributed by atoms with E-state index in [0.29, 0.717) is 12.0 Å². The van der Waals surface area contributed by atoms with Crippen molar-refractivity contribution in [1.82, 2.24) is 10.3 Å². The third kappa shape index (κ3) is 4.31. The van der Waals surface area contributed by atoms with E-state index in [2.05, 4.69) is 36.3 Å². The van der Waals surface area contributed by atoms with Crippen molar-refractivity contribution in [3.05, 3.63) is 30.1 Å². The second kappa shape index (κ2) is 7.64. The molecule has 1 aliphatic carbocycles. The zero-order chi connectivity index (χ0) is 13.5. The first kappa shape index (κ1) is 14.5. The summed E-state index contributed by atoms with van der Waals surface area (Å²) in [6.45, 7) is 5.58. The van der Waals surface area contributed by atoms with Crippen LogP contribution in [0.4, 0.5) is 0 Å². The summed E-state index contributed by atoms with van der Waals surface area (Å²) in [6, 6.07) is 6.83. The van der Waals surface area contributed by atoms with Crippen LogP contribution in [-0.4, -0.2) is 17.6 Å². The van der Waals surface area contributed by atoms with Gasteiger partial charge in [0.2, 0.25) is 0 Å². The molecule has 0 spiro atoms. The van der Waals surface area contributed by atoms with Crippen molar-refractivity contribution >= 4 is 0 Å². The third-order valence-electron chi connectivity index (χ3n) is 4.54. The fraction of sp³-hybridized carbons (Fsp3) is 0.706. The van der Waals surface area contributed by atoms with E-state index in [-0.39, 0.29) is 0 Å². The zero-order valence-electron chi connectivity index (χ0n) is 12.4. The molecule has 0 aromatic carbocycles. The zero-order valence-corrected chi connectivity index (χ0v) is 12.4. The van der Waals surface area contributed by atoms with Crippen LogP contribution in [0.3, 0.4) is 0 Å². The van der Waals surface area contributed by atoms with Crippen LogP contribution >= 0.6 is 0 Å². The Morgan fingerprint density at radius 1 is 1.26 bits per heavy atom. The fourth-order valence-electron chi connectivity index (χ4n) is 3.36. The van der Waals surface area contributed by atoms with Gasteiger partial charge in [0.15, 0.2) is 0 Å². The van der Waals surface area contributed by atoms with Gasteiger partial charge in [-0.2, -0.15) is 0 Å². The molecule has 106 valence electrons. The van der Waals surface area contributed by atoms with E-state index in [4.69, 9.17) is 0 Å². The molecule has 1 aromatic rings. The van der Waals surface area contributed by atoms with Gasteiger partial charge in [-0.05, 0) is 31.0 Å². The van der Waals surface area contributed by atoms with E-state index >= 15 is 0 Å². The highest BCUT2D eigenvalue weighted by atomic mass is 14.9. The summed E-state index contributed by atoms with van der Waals surface area (Å²) in [5, 5.41) is 3.69. The fourth-order valence-corrected chi connectivity index (χ4v) is 3.36. The lowest BCUT2D eigenvalue weighted by atomic mass is 9.81. The number of pyridine rings is 1. The Morgan fingerprint density at radius 2 is 2.05 bits per heavy atom. The summed E-state index contributed by atoms with van der Waals surface area (Å²) in [7, 11) is 0. The summed E-state index contributed by atoms with van der Waals surface area (Å²) in [4.78, 5) is 4.53. The van der Waals surface area contributed by atoms with Crippen molar-refractivity contribution in [1.29, 1.82) is 0 Å². The number of rotatable bonds is 6. The van der Waals surface area contributed by atoms with Gasteiger partial charge in [-0.15, -0.1) is 0 Å². The molecule has 0 radical (unpaired) electrons. The van der Waals surface area contributed by atoms with Crippen molar-refractivity contribution in [3.63, 3.8) is 0 Å². The summed E-state index contributed by atoms with van der Waals surface area (Å²) in [5.41, 5.74) is 1.23. The molecule has 1 fully saturated rings. The van der Waals surface area contributed by atoms with Crippen LogP contribution in [0.5, 0.6) is 0 Å². The van der Waals surface area contributed by atoms with Gasteiger partial charge in [0, 0.05) is 23.9 Å². The summed E-state index contributed by atoms with van der Waals surface area (Å²) < 4.78 is 0. The number of nitrogens with zero attached hydrogens (tertiary/aromatic N) is 1. The molecule has 0 amide bonds. The Labute approximate surface area is 118 Å². The molecule has 2 unspecified atom stereocenters. The molecular formula is C17H28N2. The number of hydrogen-bond acceptors (Lipinski definition) is 2. The first-order chi connectivity index (χ1) is 9.31. The van der Waals surface area contributed by atoms with Gasteiger partial charge < -0.3 is 5.32 Å². The molecule has 0 saturated heterocycles. The van der Waals surface area contributed by atoms with Crippen molar-refractivity contribution in [2.24, 2.45) is 5.92 Å². The number of aromatic nitrogens is 1. The van der Waals surface area contributed by atoms with E-state index in [9.17, 15) is 0 Å². The maximum Gasteiger partial charge on any atom is 0.0447 e. The van der Waals surface area contributed by atoms with Crippen molar-refractivity contribution in [2.45, 2.75) is 64.3 Å². The molecule has 2 atom stereocenters. The molecular weight excluding hydrogens is 232 g/mol. The lowest BCUT2D eigenvalue weighted by molar-refractivity contribution is 0.282. The van der Waals surface area contributed by atoms with Crippen LogP contribution in [0, 0.1) is 5.92 Å². The van der Waals surface area contributed by atoms with Crippen LogP contribution in [0.25, 0.3) is 0 Å². The number of nitrogens with one attached hydrogen (secondary N) is 1. The van der Waals surface area contributed by atoms with E-state index in [1.165, 1.54) is 44.2 Å². The molecule has 1 heterocycles. The van der Waals surface area contributed by atoms with Crippen LogP contribution in [0.2, 0.25) is 0 Å². The minimum Gasteiger partial charge on any atom is -0.314 e. The van der Waals surface area contributed by atoms with Crippen LogP contribution in [0.15, 0.2) is 24.4 Å². The summed E-state index contributed by atoms with van der Waals surface area (Å²) in [5.74, 6) is 1.42. The number of hydrogen-bond donors (Lipinski definition) is 1. The molecule has 2 heteroatoms. The first-order valence-electron chi connectivity index (χ1n) is 7.95. The quantitative estimate of drug-likeness (QED) is 0.831. The van der Waals surface area contributed by atoms with Crippen molar-refractivity contribution in [3.8, 4) is 0 Å². The van der Waals surface area contributed by atoms with Gasteiger partial charge in [0.1, 0.15) is 0 Å². The molecule has 1 saturated carbocycles. The Morgan fingerprint density at radius 3 is 2.68 bits per heavy atom. The molecule has 0 bridgehead atoms. The standard InChI is InChI=1S/C17H28N2/c1-3-18-17(13-15-9-5-4-6-10-15)14(2)16-11-7-8-12-19-16/h7-8,11-12,14-15,17-18H,3-6,9-10,13H2,1-2H3. The Hall–Kier alpha value is -0.890. The highest BCUT2D eigenvalue weighted by molar-refractivity contribution is 5.11. The monoisotopic (exact) mass is 260 g/mol. The highest BCUT2D eigenvalue weighted by Crippen LogP contribution is 2.30.